The van der Waals surface area contributed by atoms with Gasteiger partial charge in [0, 0.05) is 29.8 Å². The number of dihydropyridines is 1. The summed E-state index contributed by atoms with van der Waals surface area (Å²) in [5.74, 6) is -0.781. The smallest absolute Gasteiger partial charge is 0.177 e. The molecule has 0 spiro atoms. The summed E-state index contributed by atoms with van der Waals surface area (Å²) in [6, 6.07) is 3.12. The number of sulfone groups is 1. The lowest BCUT2D eigenvalue weighted by Gasteiger charge is -2.34. The van der Waals surface area contributed by atoms with Gasteiger partial charge < -0.3 is 10.4 Å². The Morgan fingerprint density at radius 3 is 2.58 bits per heavy atom. The highest BCUT2D eigenvalue weighted by Crippen LogP contribution is 2.49. The molecule has 0 fully saturated rings. The minimum atomic E-state index is -3.49. The van der Waals surface area contributed by atoms with E-state index in [-0.39, 0.29) is 33.1 Å². The lowest BCUT2D eigenvalue weighted by molar-refractivity contribution is -0.116. The molecule has 26 heavy (non-hydrogen) atoms. The second kappa shape index (κ2) is 6.37. The van der Waals surface area contributed by atoms with Gasteiger partial charge in [-0.2, -0.15) is 0 Å². The second-order valence-electron chi connectivity index (χ2n) is 6.76. The van der Waals surface area contributed by atoms with E-state index in [2.05, 4.69) is 5.32 Å². The lowest BCUT2D eigenvalue weighted by atomic mass is 9.78. The molecule has 0 saturated heterocycles. The van der Waals surface area contributed by atoms with Crippen molar-refractivity contribution in [2.45, 2.75) is 38.2 Å². The molecule has 5 nitrogen and oxygen atoms in total. The number of halogens is 2. The van der Waals surface area contributed by atoms with Gasteiger partial charge in [0.15, 0.2) is 15.6 Å². The fourth-order valence-corrected chi connectivity index (χ4v) is 6.27. The summed E-state index contributed by atoms with van der Waals surface area (Å²) in [5.41, 5.74) is 2.93. The van der Waals surface area contributed by atoms with Crippen molar-refractivity contribution in [2.75, 3.05) is 5.75 Å². The molecule has 3 aliphatic rings. The molecular formula is C18H17Cl2NO4S. The summed E-state index contributed by atoms with van der Waals surface area (Å²) >= 11 is 12.3. The first-order chi connectivity index (χ1) is 12.3. The highest BCUT2D eigenvalue weighted by atomic mass is 35.5. The maximum atomic E-state index is 12.8. The van der Waals surface area contributed by atoms with E-state index in [9.17, 15) is 18.3 Å². The van der Waals surface area contributed by atoms with E-state index < -0.39 is 15.8 Å². The zero-order chi connectivity index (χ0) is 18.6. The molecule has 2 N–H and O–H groups in total. The molecule has 1 unspecified atom stereocenters. The molecule has 0 radical (unpaired) electrons. The summed E-state index contributed by atoms with van der Waals surface area (Å²) in [6.45, 7) is -0.324. The Bertz CT molecular complexity index is 995. The number of carbonyl (C=O) groups excluding carboxylic acids is 1. The second-order valence-corrected chi connectivity index (χ2v) is 9.65. The van der Waals surface area contributed by atoms with Crippen LogP contribution in [-0.4, -0.2) is 25.1 Å². The normalized spacial score (nSPS) is 24.4. The van der Waals surface area contributed by atoms with E-state index in [0.29, 0.717) is 41.7 Å². The molecule has 1 aromatic carbocycles. The third-order valence-electron chi connectivity index (χ3n) is 5.23. The molecule has 138 valence electrons. The Hall–Kier alpha value is -1.34. The Kier molecular flexibility index (Phi) is 4.42. The van der Waals surface area contributed by atoms with Crippen LogP contribution in [0.1, 0.15) is 42.7 Å². The number of allylic oxidation sites excluding steroid dienone is 4. The summed E-state index contributed by atoms with van der Waals surface area (Å²) < 4.78 is 25.5. The molecule has 2 heterocycles. The van der Waals surface area contributed by atoms with Crippen molar-refractivity contribution < 1.29 is 18.3 Å². The molecule has 0 aromatic heterocycles. The number of aliphatic hydroxyl groups is 1. The van der Waals surface area contributed by atoms with Crippen molar-refractivity contribution in [2.24, 2.45) is 0 Å². The number of ketones is 1. The Morgan fingerprint density at radius 1 is 1.12 bits per heavy atom. The fraction of sp³-hybridized carbons (Fsp3) is 0.389. The summed E-state index contributed by atoms with van der Waals surface area (Å²) in [5, 5.41) is 13.6. The zero-order valence-electron chi connectivity index (χ0n) is 13.8. The predicted octanol–water partition coefficient (Wildman–Crippen LogP) is 3.21. The number of hydrogen-bond donors (Lipinski definition) is 2. The molecular weight excluding hydrogens is 397 g/mol. The molecule has 8 heteroatoms. The van der Waals surface area contributed by atoms with Gasteiger partial charge in [0.2, 0.25) is 0 Å². The summed E-state index contributed by atoms with van der Waals surface area (Å²) in [4.78, 5) is 13.0. The third kappa shape index (κ3) is 2.71. The largest absolute Gasteiger partial charge is 0.392 e. The maximum Gasteiger partial charge on any atom is 0.177 e. The number of nitrogens with one attached hydrogen (secondary N) is 1. The summed E-state index contributed by atoms with van der Waals surface area (Å²) in [7, 11) is -3.49. The lowest BCUT2D eigenvalue weighted by Crippen LogP contribution is -2.32. The molecule has 0 saturated carbocycles. The molecule has 1 aliphatic carbocycles. The first-order valence-corrected chi connectivity index (χ1v) is 10.8. The monoisotopic (exact) mass is 413 g/mol. The first-order valence-electron chi connectivity index (χ1n) is 8.41. The number of Topliss-reactive ketones (excluding diaryl/α,β-unsaturated/α-hetero) is 1. The van der Waals surface area contributed by atoms with E-state index in [4.69, 9.17) is 23.2 Å². The standard InChI is InChI=1S/C18H17Cl2NO4S/c19-11-6-9(8-22)10(7-12(11)20)16-17-13(2-1-3-15(17)23)21-14-4-5-26(24,25)18(14)16/h6-7,16,21-22H,1-5,8H2. The van der Waals surface area contributed by atoms with E-state index in [1.165, 1.54) is 6.07 Å². The fourth-order valence-electron chi connectivity index (χ4n) is 4.08. The van der Waals surface area contributed by atoms with E-state index in [0.717, 1.165) is 12.1 Å². The molecule has 1 atom stereocenters. The van der Waals surface area contributed by atoms with Gasteiger partial charge in [-0.1, -0.05) is 23.2 Å². The van der Waals surface area contributed by atoms with Crippen LogP contribution in [0.3, 0.4) is 0 Å². The van der Waals surface area contributed by atoms with E-state index >= 15 is 0 Å². The van der Waals surface area contributed by atoms with Gasteiger partial charge in [-0.15, -0.1) is 0 Å². The Labute approximate surface area is 161 Å². The number of benzene rings is 1. The van der Waals surface area contributed by atoms with Crippen LogP contribution >= 0.6 is 23.2 Å². The minimum Gasteiger partial charge on any atom is -0.392 e. The van der Waals surface area contributed by atoms with Crippen LogP contribution in [0, 0.1) is 0 Å². The van der Waals surface area contributed by atoms with Crippen LogP contribution in [0.25, 0.3) is 0 Å². The Morgan fingerprint density at radius 2 is 1.85 bits per heavy atom. The van der Waals surface area contributed by atoms with E-state index in [1.807, 2.05) is 0 Å². The number of hydrogen-bond acceptors (Lipinski definition) is 5. The average Bonchev–Trinajstić information content (AvgIpc) is 2.90. The highest BCUT2D eigenvalue weighted by Gasteiger charge is 2.45. The quantitative estimate of drug-likeness (QED) is 0.777. The number of aliphatic hydroxyl groups excluding tert-OH is 1. The minimum absolute atomic E-state index is 0.0195. The third-order valence-corrected chi connectivity index (χ3v) is 7.84. The van der Waals surface area contributed by atoms with Crippen LogP contribution in [-0.2, 0) is 21.2 Å². The van der Waals surface area contributed by atoms with Crippen LogP contribution in [0.4, 0.5) is 0 Å². The van der Waals surface area contributed by atoms with Crippen molar-refractivity contribution in [1.29, 1.82) is 0 Å². The summed E-state index contributed by atoms with van der Waals surface area (Å²) in [6.07, 6.45) is 2.22. The van der Waals surface area contributed by atoms with Crippen LogP contribution in [0.15, 0.2) is 34.0 Å². The highest BCUT2D eigenvalue weighted by molar-refractivity contribution is 7.95. The van der Waals surface area contributed by atoms with Crippen LogP contribution < -0.4 is 5.32 Å². The molecule has 0 bridgehead atoms. The topological polar surface area (TPSA) is 83.5 Å². The van der Waals surface area contributed by atoms with Crippen molar-refractivity contribution in [1.82, 2.24) is 5.32 Å². The predicted molar refractivity (Wildman–Crippen MR) is 99.6 cm³/mol. The molecule has 1 aromatic rings. The van der Waals surface area contributed by atoms with Crippen molar-refractivity contribution in [3.8, 4) is 0 Å². The molecule has 2 aliphatic heterocycles. The zero-order valence-corrected chi connectivity index (χ0v) is 16.1. The van der Waals surface area contributed by atoms with E-state index in [1.54, 1.807) is 6.07 Å². The number of carbonyl (C=O) groups is 1. The Balaban J connectivity index is 2.01. The van der Waals surface area contributed by atoms with Gasteiger partial charge in [-0.3, -0.25) is 4.79 Å². The SMILES string of the molecule is O=C1CCCC2=C1C(c1cc(Cl)c(Cl)cc1CO)C1=C(CCS1(=O)=O)N2. The molecule has 0 amide bonds. The van der Waals surface area contributed by atoms with Crippen LogP contribution in [0.2, 0.25) is 10.0 Å². The van der Waals surface area contributed by atoms with Gasteiger partial charge in [-0.25, -0.2) is 8.42 Å². The van der Waals surface area contributed by atoms with Gasteiger partial charge >= 0.3 is 0 Å². The van der Waals surface area contributed by atoms with Crippen molar-refractivity contribution in [3.63, 3.8) is 0 Å². The first kappa shape index (κ1) is 18.0. The van der Waals surface area contributed by atoms with Gasteiger partial charge in [-0.05, 0) is 36.1 Å². The van der Waals surface area contributed by atoms with Gasteiger partial charge in [0.1, 0.15) is 0 Å². The molecule has 4 rings (SSSR count). The average molecular weight is 414 g/mol. The van der Waals surface area contributed by atoms with Crippen LogP contribution in [0.5, 0.6) is 0 Å². The van der Waals surface area contributed by atoms with Gasteiger partial charge in [0.05, 0.1) is 33.2 Å². The van der Waals surface area contributed by atoms with Crippen molar-refractivity contribution in [3.05, 3.63) is 55.2 Å². The maximum absolute atomic E-state index is 12.8. The van der Waals surface area contributed by atoms with Gasteiger partial charge in [0.25, 0.3) is 0 Å². The number of rotatable bonds is 2. The van der Waals surface area contributed by atoms with Crippen molar-refractivity contribution >= 4 is 38.8 Å².